The van der Waals surface area contributed by atoms with E-state index in [0.717, 1.165) is 0 Å². The molecular weight excluding hydrogens is 408 g/mol. The van der Waals surface area contributed by atoms with Crippen molar-refractivity contribution in [1.82, 2.24) is 9.88 Å². The summed E-state index contributed by atoms with van der Waals surface area (Å²) in [6.07, 6.45) is 3.29. The third kappa shape index (κ3) is 4.41. The normalized spacial score (nSPS) is 17.4. The smallest absolute Gasteiger partial charge is 0.335 e. The first-order valence-corrected chi connectivity index (χ1v) is 10.00. The highest BCUT2D eigenvalue weighted by molar-refractivity contribution is 6.07. The molecule has 7 heteroatoms. The predicted molar refractivity (Wildman–Crippen MR) is 117 cm³/mol. The molecule has 160 valence electrons. The Bertz CT molecular complexity index is 1200. The van der Waals surface area contributed by atoms with E-state index >= 15 is 0 Å². The lowest BCUT2D eigenvalue weighted by Gasteiger charge is -2.34. The largest absolute Gasteiger partial charge is 0.508 e. The van der Waals surface area contributed by atoms with Crippen LogP contribution in [0.25, 0.3) is 6.08 Å². The third-order valence-electron chi connectivity index (χ3n) is 5.35. The van der Waals surface area contributed by atoms with Crippen LogP contribution in [0.2, 0.25) is 0 Å². The summed E-state index contributed by atoms with van der Waals surface area (Å²) < 4.78 is 0. The fraction of sp³-hybridized carbons (Fsp3) is 0.120. The van der Waals surface area contributed by atoms with Gasteiger partial charge in [-0.05, 0) is 54.1 Å². The molecule has 2 aromatic carbocycles. The summed E-state index contributed by atoms with van der Waals surface area (Å²) in [5, 5.41) is 18.9. The fourth-order valence-corrected chi connectivity index (χ4v) is 3.72. The lowest BCUT2D eigenvalue weighted by atomic mass is 9.85. The Morgan fingerprint density at radius 3 is 2.44 bits per heavy atom. The van der Waals surface area contributed by atoms with E-state index in [-0.39, 0.29) is 41.7 Å². The summed E-state index contributed by atoms with van der Waals surface area (Å²) in [6, 6.07) is 17.5. The number of hydrogen-bond acceptors (Lipinski definition) is 5. The van der Waals surface area contributed by atoms with Crippen LogP contribution in [0.5, 0.6) is 5.75 Å². The number of amides is 1. The van der Waals surface area contributed by atoms with Crippen LogP contribution in [-0.2, 0) is 4.79 Å². The van der Waals surface area contributed by atoms with Crippen molar-refractivity contribution in [2.75, 3.05) is 13.1 Å². The number of aromatic nitrogens is 1. The van der Waals surface area contributed by atoms with Gasteiger partial charge in [0.1, 0.15) is 5.75 Å². The zero-order chi connectivity index (χ0) is 22.7. The minimum atomic E-state index is -1.12. The van der Waals surface area contributed by atoms with Gasteiger partial charge in [-0.1, -0.05) is 24.3 Å². The second-order valence-corrected chi connectivity index (χ2v) is 7.50. The standard InChI is InChI=1S/C25H20N2O5/c28-21-9-7-16(8-10-21)22-15-27(24(30)17-4-3-5-18(12-17)25(31)32)14-19(23(22)29)13-20-6-1-2-11-26-20/h1-13,22,28H,14-15H2,(H,31,32). The average molecular weight is 428 g/mol. The highest BCUT2D eigenvalue weighted by Gasteiger charge is 2.35. The van der Waals surface area contributed by atoms with E-state index in [9.17, 15) is 24.6 Å². The van der Waals surface area contributed by atoms with Gasteiger partial charge in [-0.3, -0.25) is 14.6 Å². The second-order valence-electron chi connectivity index (χ2n) is 7.50. The van der Waals surface area contributed by atoms with Crippen molar-refractivity contribution in [3.63, 3.8) is 0 Å². The van der Waals surface area contributed by atoms with Crippen LogP contribution in [0.15, 0.2) is 78.5 Å². The van der Waals surface area contributed by atoms with E-state index in [1.54, 1.807) is 42.6 Å². The van der Waals surface area contributed by atoms with E-state index < -0.39 is 11.9 Å². The maximum absolute atomic E-state index is 13.3. The SMILES string of the molecule is O=C(O)c1cccc(C(=O)N2CC(=Cc3ccccn3)C(=O)C(c3ccc(O)cc3)C2)c1. The van der Waals surface area contributed by atoms with Gasteiger partial charge in [-0.2, -0.15) is 0 Å². The van der Waals surface area contributed by atoms with E-state index in [1.165, 1.54) is 35.2 Å². The number of ketones is 1. The van der Waals surface area contributed by atoms with Crippen LogP contribution in [-0.4, -0.2) is 50.8 Å². The number of hydrogen-bond donors (Lipinski definition) is 2. The van der Waals surface area contributed by atoms with Gasteiger partial charge in [0.2, 0.25) is 0 Å². The molecule has 3 aromatic rings. The van der Waals surface area contributed by atoms with Gasteiger partial charge < -0.3 is 15.1 Å². The van der Waals surface area contributed by atoms with Gasteiger partial charge in [0.15, 0.2) is 5.78 Å². The van der Waals surface area contributed by atoms with Crippen molar-refractivity contribution in [3.8, 4) is 5.75 Å². The van der Waals surface area contributed by atoms with Crippen LogP contribution < -0.4 is 0 Å². The lowest BCUT2D eigenvalue weighted by Crippen LogP contribution is -2.44. The summed E-state index contributed by atoms with van der Waals surface area (Å²) in [4.78, 5) is 43.6. The van der Waals surface area contributed by atoms with Crippen LogP contribution in [0.4, 0.5) is 0 Å². The molecule has 0 radical (unpaired) electrons. The molecule has 2 N–H and O–H groups in total. The second kappa shape index (κ2) is 8.85. The zero-order valence-corrected chi connectivity index (χ0v) is 17.0. The number of carboxylic acid groups (broad SMARTS) is 1. The van der Waals surface area contributed by atoms with E-state index in [4.69, 9.17) is 0 Å². The number of carbonyl (C=O) groups is 3. The topological polar surface area (TPSA) is 108 Å². The van der Waals surface area contributed by atoms with Gasteiger partial charge in [0.25, 0.3) is 5.91 Å². The minimum Gasteiger partial charge on any atom is -0.508 e. The number of carboxylic acids is 1. The first kappa shape index (κ1) is 21.0. The minimum absolute atomic E-state index is 0.0169. The molecule has 32 heavy (non-hydrogen) atoms. The van der Waals surface area contributed by atoms with Crippen LogP contribution in [0, 0.1) is 0 Å². The molecule has 1 aliphatic heterocycles. The van der Waals surface area contributed by atoms with Gasteiger partial charge in [-0.15, -0.1) is 0 Å². The molecule has 1 saturated heterocycles. The summed E-state index contributed by atoms with van der Waals surface area (Å²) in [5.41, 5.74) is 1.96. The Balaban J connectivity index is 1.72. The van der Waals surface area contributed by atoms with Crippen molar-refractivity contribution in [2.24, 2.45) is 0 Å². The molecule has 1 unspecified atom stereocenters. The maximum Gasteiger partial charge on any atom is 0.335 e. The number of Topliss-reactive ketones (excluding diaryl/α,β-unsaturated/α-hetero) is 1. The number of benzene rings is 2. The van der Waals surface area contributed by atoms with E-state index in [2.05, 4.69) is 4.98 Å². The number of likely N-dealkylation sites (tertiary alicyclic amines) is 1. The Hall–Kier alpha value is -4.26. The molecular formula is C25H20N2O5. The Labute approximate surface area is 184 Å². The number of nitrogens with zero attached hydrogens (tertiary/aromatic N) is 2. The summed E-state index contributed by atoms with van der Waals surface area (Å²) in [7, 11) is 0. The Morgan fingerprint density at radius 1 is 1.00 bits per heavy atom. The van der Waals surface area contributed by atoms with Crippen LogP contribution >= 0.6 is 0 Å². The summed E-state index contributed by atoms with van der Waals surface area (Å²) >= 11 is 0. The molecule has 1 fully saturated rings. The molecule has 0 spiro atoms. The first-order chi connectivity index (χ1) is 15.4. The van der Waals surface area contributed by atoms with Gasteiger partial charge >= 0.3 is 5.97 Å². The number of phenolic OH excluding ortho intramolecular Hbond substituents is 1. The average Bonchev–Trinajstić information content (AvgIpc) is 2.81. The van der Waals surface area contributed by atoms with Crippen LogP contribution in [0.1, 0.15) is 37.9 Å². The fourth-order valence-electron chi connectivity index (χ4n) is 3.72. The molecule has 1 amide bonds. The Kier molecular flexibility index (Phi) is 5.81. The van der Waals surface area contributed by atoms with E-state index in [0.29, 0.717) is 16.8 Å². The number of carbonyl (C=O) groups excluding carboxylic acids is 2. The van der Waals surface area contributed by atoms with Crippen molar-refractivity contribution in [1.29, 1.82) is 0 Å². The van der Waals surface area contributed by atoms with Crippen molar-refractivity contribution in [3.05, 3.63) is 101 Å². The summed E-state index contributed by atoms with van der Waals surface area (Å²) in [5.74, 6) is -2.14. The number of pyridine rings is 1. The zero-order valence-electron chi connectivity index (χ0n) is 17.0. The molecule has 1 aliphatic rings. The molecule has 2 heterocycles. The molecule has 7 nitrogen and oxygen atoms in total. The van der Waals surface area contributed by atoms with Crippen molar-refractivity contribution >= 4 is 23.7 Å². The number of piperidine rings is 1. The quantitative estimate of drug-likeness (QED) is 0.617. The first-order valence-electron chi connectivity index (χ1n) is 10.00. The van der Waals surface area contributed by atoms with Gasteiger partial charge in [0, 0.05) is 30.4 Å². The number of aromatic carboxylic acids is 1. The Morgan fingerprint density at radius 2 is 1.75 bits per heavy atom. The van der Waals surface area contributed by atoms with Crippen LogP contribution in [0.3, 0.4) is 0 Å². The molecule has 1 atom stereocenters. The lowest BCUT2D eigenvalue weighted by molar-refractivity contribution is -0.118. The molecule has 0 aliphatic carbocycles. The number of phenols is 1. The number of aromatic hydroxyl groups is 1. The highest BCUT2D eigenvalue weighted by Crippen LogP contribution is 2.30. The van der Waals surface area contributed by atoms with Crippen molar-refractivity contribution in [2.45, 2.75) is 5.92 Å². The third-order valence-corrected chi connectivity index (χ3v) is 5.35. The van der Waals surface area contributed by atoms with Gasteiger partial charge in [0.05, 0.1) is 17.2 Å². The predicted octanol–water partition coefficient (Wildman–Crippen LogP) is 3.38. The molecule has 1 aromatic heterocycles. The maximum atomic E-state index is 13.3. The van der Waals surface area contributed by atoms with Gasteiger partial charge in [-0.25, -0.2) is 4.79 Å². The molecule has 0 bridgehead atoms. The van der Waals surface area contributed by atoms with Crippen molar-refractivity contribution < 1.29 is 24.6 Å². The molecule has 4 rings (SSSR count). The monoisotopic (exact) mass is 428 g/mol. The molecule has 0 saturated carbocycles. The highest BCUT2D eigenvalue weighted by atomic mass is 16.4. The summed E-state index contributed by atoms with van der Waals surface area (Å²) in [6.45, 7) is 0.222. The van der Waals surface area contributed by atoms with E-state index in [1.807, 2.05) is 6.07 Å². The number of rotatable bonds is 4.